The number of fused-ring (bicyclic) bond motifs is 1. The van der Waals surface area contributed by atoms with Crippen molar-refractivity contribution in [1.82, 2.24) is 9.97 Å². The molecule has 1 N–H and O–H groups in total. The van der Waals surface area contributed by atoms with Gasteiger partial charge in [-0.1, -0.05) is 11.3 Å². The van der Waals surface area contributed by atoms with Crippen molar-refractivity contribution in [3.8, 4) is 5.75 Å². The maximum atomic E-state index is 12.0. The minimum Gasteiger partial charge on any atom is -0.495 e. The number of carbonyl (C=O) groups is 1. The monoisotopic (exact) mass is 313 g/mol. The number of aromatic nitrogens is 2. The van der Waals surface area contributed by atoms with Gasteiger partial charge in [-0.15, -0.1) is 0 Å². The number of aldehydes is 1. The van der Waals surface area contributed by atoms with Gasteiger partial charge in [0.1, 0.15) is 16.9 Å². The van der Waals surface area contributed by atoms with Gasteiger partial charge in [0.05, 0.1) is 18.2 Å². The highest BCUT2D eigenvalue weighted by atomic mass is 32.1. The third kappa shape index (κ3) is 2.66. The zero-order chi connectivity index (χ0) is 15.5. The molecule has 1 aromatic carbocycles. The lowest BCUT2D eigenvalue weighted by Crippen LogP contribution is -2.08. The summed E-state index contributed by atoms with van der Waals surface area (Å²) >= 11 is 1.25. The molecule has 0 aliphatic heterocycles. The number of pyridine rings is 1. The molecule has 2 heterocycles. The minimum atomic E-state index is -0.352. The summed E-state index contributed by atoms with van der Waals surface area (Å²) in [5.74, 6) is 0.549. The lowest BCUT2D eigenvalue weighted by atomic mass is 10.2. The number of nitrogens with one attached hydrogen (secondary N) is 1. The van der Waals surface area contributed by atoms with Gasteiger partial charge in [0.2, 0.25) is 0 Å². The zero-order valence-corrected chi connectivity index (χ0v) is 12.4. The van der Waals surface area contributed by atoms with Crippen molar-refractivity contribution in [1.29, 1.82) is 0 Å². The fraction of sp³-hybridized carbons (Fsp3) is 0.0667. The Labute approximate surface area is 129 Å². The van der Waals surface area contributed by atoms with Crippen molar-refractivity contribution in [2.75, 3.05) is 12.4 Å². The molecule has 0 unspecified atom stereocenters. The van der Waals surface area contributed by atoms with Gasteiger partial charge in [-0.25, -0.2) is 4.98 Å². The molecule has 6 nitrogen and oxygen atoms in total. The molecular weight excluding hydrogens is 302 g/mol. The quantitative estimate of drug-likeness (QED) is 0.746. The topological polar surface area (TPSA) is 81.2 Å². The second-order valence-electron chi connectivity index (χ2n) is 4.38. The molecule has 0 aliphatic rings. The van der Waals surface area contributed by atoms with Crippen molar-refractivity contribution in [3.63, 3.8) is 0 Å². The number of nitrogens with zero attached hydrogens (tertiary/aromatic N) is 2. The largest absolute Gasteiger partial charge is 0.495 e. The first-order valence-corrected chi connectivity index (χ1v) is 7.19. The Bertz CT molecular complexity index is 908. The predicted octanol–water partition coefficient (Wildman–Crippen LogP) is 2.62. The summed E-state index contributed by atoms with van der Waals surface area (Å²) in [6.45, 7) is 0. The predicted molar refractivity (Wildman–Crippen MR) is 85.3 cm³/mol. The first-order chi connectivity index (χ1) is 10.7. The summed E-state index contributed by atoms with van der Waals surface area (Å²) in [4.78, 5) is 31.7. The number of benzene rings is 1. The Morgan fingerprint density at radius 3 is 2.95 bits per heavy atom. The summed E-state index contributed by atoms with van der Waals surface area (Å²) in [7, 11) is 1.53. The maximum Gasteiger partial charge on any atom is 0.282 e. The standard InChI is InChI=1S/C15H11N3O3S/c1-21-12-5-4-9(8-19)7-11(12)17-15-18-13(20)10-3-2-6-16-14(10)22-15/h2-8H,1H3,(H,17,18,20). The van der Waals surface area contributed by atoms with Gasteiger partial charge in [0.25, 0.3) is 5.56 Å². The summed E-state index contributed by atoms with van der Waals surface area (Å²) in [6.07, 6.45) is 2.36. The summed E-state index contributed by atoms with van der Waals surface area (Å²) < 4.78 is 5.24. The lowest BCUT2D eigenvalue weighted by molar-refractivity contribution is 0.112. The van der Waals surface area contributed by atoms with E-state index in [9.17, 15) is 9.59 Å². The second kappa shape index (κ2) is 5.90. The average Bonchev–Trinajstić information content (AvgIpc) is 2.55. The van der Waals surface area contributed by atoms with E-state index in [4.69, 9.17) is 4.74 Å². The van der Waals surface area contributed by atoms with Crippen LogP contribution in [0.2, 0.25) is 0 Å². The summed E-state index contributed by atoms with van der Waals surface area (Å²) in [5, 5.41) is 3.88. The highest BCUT2D eigenvalue weighted by Gasteiger charge is 2.09. The molecule has 110 valence electrons. The van der Waals surface area contributed by atoms with Crippen LogP contribution in [-0.4, -0.2) is 23.4 Å². The Hall–Kier alpha value is -2.80. The van der Waals surface area contributed by atoms with E-state index >= 15 is 0 Å². The van der Waals surface area contributed by atoms with Crippen LogP contribution in [0.25, 0.3) is 10.2 Å². The molecule has 22 heavy (non-hydrogen) atoms. The molecule has 0 bridgehead atoms. The van der Waals surface area contributed by atoms with Crippen LogP contribution < -0.4 is 15.6 Å². The van der Waals surface area contributed by atoms with Crippen LogP contribution in [0.1, 0.15) is 10.4 Å². The Morgan fingerprint density at radius 2 is 2.18 bits per heavy atom. The van der Waals surface area contributed by atoms with Crippen LogP contribution in [0.15, 0.2) is 41.3 Å². The van der Waals surface area contributed by atoms with Crippen molar-refractivity contribution in [3.05, 3.63) is 52.4 Å². The van der Waals surface area contributed by atoms with Crippen molar-refractivity contribution in [2.45, 2.75) is 0 Å². The number of ether oxygens (including phenoxy) is 1. The van der Waals surface area contributed by atoms with Gasteiger partial charge in [0.15, 0.2) is 5.13 Å². The van der Waals surface area contributed by atoms with Crippen LogP contribution in [0.3, 0.4) is 0 Å². The van der Waals surface area contributed by atoms with Crippen LogP contribution in [-0.2, 0) is 0 Å². The van der Waals surface area contributed by atoms with E-state index in [0.717, 1.165) is 6.29 Å². The molecule has 0 radical (unpaired) electrons. The van der Waals surface area contributed by atoms with E-state index in [1.165, 1.54) is 18.4 Å². The zero-order valence-electron chi connectivity index (χ0n) is 11.6. The van der Waals surface area contributed by atoms with Crippen LogP contribution in [0.5, 0.6) is 5.75 Å². The van der Waals surface area contributed by atoms with E-state index in [1.807, 2.05) is 0 Å². The molecule has 0 atom stereocenters. The van der Waals surface area contributed by atoms with E-state index in [0.29, 0.717) is 32.3 Å². The summed E-state index contributed by atoms with van der Waals surface area (Å²) in [5.41, 5.74) is 0.704. The smallest absolute Gasteiger partial charge is 0.282 e. The molecule has 0 spiro atoms. The first-order valence-electron chi connectivity index (χ1n) is 6.37. The van der Waals surface area contributed by atoms with Crippen LogP contribution in [0, 0.1) is 0 Å². The number of rotatable bonds is 4. The molecular formula is C15H11N3O3S. The first kappa shape index (κ1) is 14.2. The molecule has 2 aromatic heterocycles. The number of methoxy groups -OCH3 is 1. The molecule has 0 amide bonds. The van der Waals surface area contributed by atoms with Crippen LogP contribution >= 0.6 is 11.3 Å². The number of hydrogen-bond acceptors (Lipinski definition) is 7. The lowest BCUT2D eigenvalue weighted by Gasteiger charge is -2.10. The normalized spacial score (nSPS) is 10.4. The Kier molecular flexibility index (Phi) is 3.80. The fourth-order valence-electron chi connectivity index (χ4n) is 1.97. The molecule has 0 saturated carbocycles. The van der Waals surface area contributed by atoms with Gasteiger partial charge >= 0.3 is 0 Å². The van der Waals surface area contributed by atoms with Crippen LogP contribution in [0.4, 0.5) is 10.8 Å². The fourth-order valence-corrected chi connectivity index (χ4v) is 2.82. The summed E-state index contributed by atoms with van der Waals surface area (Å²) in [6, 6.07) is 8.34. The molecule has 0 fully saturated rings. The van der Waals surface area contributed by atoms with E-state index in [1.54, 1.807) is 36.5 Å². The van der Waals surface area contributed by atoms with Crippen molar-refractivity contribution < 1.29 is 9.53 Å². The maximum absolute atomic E-state index is 12.0. The molecule has 0 saturated heterocycles. The van der Waals surface area contributed by atoms with Gasteiger partial charge in [0, 0.05) is 11.8 Å². The van der Waals surface area contributed by atoms with Gasteiger partial charge in [-0.3, -0.25) is 9.59 Å². The third-order valence-electron chi connectivity index (χ3n) is 3.00. The van der Waals surface area contributed by atoms with Crippen molar-refractivity contribution in [2.24, 2.45) is 0 Å². The molecule has 0 aliphatic carbocycles. The SMILES string of the molecule is COc1ccc(C=O)cc1Nc1nc(=O)c2cccnc2s1. The van der Waals surface area contributed by atoms with Gasteiger partial charge < -0.3 is 10.1 Å². The van der Waals surface area contributed by atoms with Gasteiger partial charge in [-0.05, 0) is 30.3 Å². The number of hydrogen-bond donors (Lipinski definition) is 1. The molecule has 3 aromatic rings. The van der Waals surface area contributed by atoms with E-state index < -0.39 is 0 Å². The molecule has 3 rings (SSSR count). The second-order valence-corrected chi connectivity index (χ2v) is 5.36. The van der Waals surface area contributed by atoms with E-state index in [2.05, 4.69) is 15.3 Å². The average molecular weight is 313 g/mol. The highest BCUT2D eigenvalue weighted by Crippen LogP contribution is 2.29. The number of anilines is 2. The minimum absolute atomic E-state index is 0.352. The Balaban J connectivity index is 2.06. The number of carbonyl (C=O) groups excluding carboxylic acids is 1. The van der Waals surface area contributed by atoms with E-state index in [-0.39, 0.29) is 5.56 Å². The third-order valence-corrected chi connectivity index (χ3v) is 3.90. The highest BCUT2D eigenvalue weighted by molar-refractivity contribution is 7.21. The van der Waals surface area contributed by atoms with Gasteiger partial charge in [-0.2, -0.15) is 4.98 Å². The van der Waals surface area contributed by atoms with Crippen molar-refractivity contribution >= 4 is 38.7 Å². The molecule has 7 heteroatoms. The Morgan fingerprint density at radius 1 is 1.32 bits per heavy atom.